The molecule has 4 nitrogen and oxygen atoms in total. The average Bonchev–Trinajstić information content (AvgIpc) is 2.64. The van der Waals surface area contributed by atoms with Crippen LogP contribution in [0.25, 0.3) is 0 Å². The highest BCUT2D eigenvalue weighted by Crippen LogP contribution is 2.30. The first-order valence-electron chi connectivity index (χ1n) is 9.26. The highest BCUT2D eigenvalue weighted by atomic mass is 16.2. The van der Waals surface area contributed by atoms with Crippen LogP contribution in [0, 0.1) is 11.8 Å². The van der Waals surface area contributed by atoms with Crippen molar-refractivity contribution in [3.8, 4) is 0 Å². The zero-order valence-electron chi connectivity index (χ0n) is 15.0. The second-order valence-corrected chi connectivity index (χ2v) is 6.68. The van der Waals surface area contributed by atoms with E-state index in [1.54, 1.807) is 0 Å². The van der Waals surface area contributed by atoms with Gasteiger partial charge in [-0.15, -0.1) is 0 Å². The van der Waals surface area contributed by atoms with E-state index in [4.69, 9.17) is 0 Å². The first-order valence-corrected chi connectivity index (χ1v) is 9.26. The quantitative estimate of drug-likeness (QED) is 0.833. The van der Waals surface area contributed by atoms with E-state index in [0.29, 0.717) is 6.54 Å². The zero-order valence-corrected chi connectivity index (χ0v) is 15.0. The van der Waals surface area contributed by atoms with Gasteiger partial charge in [0, 0.05) is 31.5 Å². The molecule has 1 saturated carbocycles. The second kappa shape index (κ2) is 9.45. The Morgan fingerprint density at radius 2 is 1.67 bits per heavy atom. The monoisotopic (exact) mass is 330 g/mol. The normalized spacial score (nSPS) is 20.4. The van der Waals surface area contributed by atoms with Crippen molar-refractivity contribution in [1.29, 1.82) is 0 Å². The molecular weight excluding hydrogens is 300 g/mol. The van der Waals surface area contributed by atoms with E-state index < -0.39 is 0 Å². The molecule has 1 fully saturated rings. The number of rotatable bonds is 7. The van der Waals surface area contributed by atoms with Crippen LogP contribution < -0.4 is 5.32 Å². The minimum atomic E-state index is 0.0730. The fraction of sp³-hybridized carbons (Fsp3) is 0.600. The molecule has 2 amide bonds. The predicted octanol–water partition coefficient (Wildman–Crippen LogP) is 3.37. The number of amides is 2. The summed E-state index contributed by atoms with van der Waals surface area (Å²) in [4.78, 5) is 26.8. The summed E-state index contributed by atoms with van der Waals surface area (Å²) in [5.74, 6) is 0.571. The zero-order chi connectivity index (χ0) is 17.4. The first kappa shape index (κ1) is 18.5. The lowest BCUT2D eigenvalue weighted by molar-refractivity contribution is -0.138. The van der Waals surface area contributed by atoms with E-state index >= 15 is 0 Å². The van der Waals surface area contributed by atoms with Crippen molar-refractivity contribution in [1.82, 2.24) is 10.2 Å². The van der Waals surface area contributed by atoms with Crippen LogP contribution in [0.5, 0.6) is 0 Å². The Kier molecular flexibility index (Phi) is 7.29. The van der Waals surface area contributed by atoms with Gasteiger partial charge in [0.2, 0.25) is 11.8 Å². The second-order valence-electron chi connectivity index (χ2n) is 6.68. The lowest BCUT2D eigenvalue weighted by Crippen LogP contribution is -2.39. The summed E-state index contributed by atoms with van der Waals surface area (Å²) in [5, 5.41) is 2.98. The van der Waals surface area contributed by atoms with Crippen LogP contribution in [0.4, 0.5) is 0 Å². The molecule has 2 rings (SSSR count). The van der Waals surface area contributed by atoms with Crippen molar-refractivity contribution in [2.24, 2.45) is 11.8 Å². The minimum absolute atomic E-state index is 0.0730. The SMILES string of the molecule is CCCNC(=O)C1CCC(C(=O)N(CC)Cc2ccccc2)CC1. The molecule has 1 aliphatic carbocycles. The van der Waals surface area contributed by atoms with Gasteiger partial charge in [0.05, 0.1) is 0 Å². The molecule has 0 aliphatic heterocycles. The Morgan fingerprint density at radius 1 is 1.04 bits per heavy atom. The van der Waals surface area contributed by atoms with Gasteiger partial charge in [-0.1, -0.05) is 37.3 Å². The molecule has 0 aromatic heterocycles. The lowest BCUT2D eigenvalue weighted by Gasteiger charge is -2.31. The molecule has 1 N–H and O–H groups in total. The van der Waals surface area contributed by atoms with E-state index in [1.165, 1.54) is 5.56 Å². The predicted molar refractivity (Wildman–Crippen MR) is 96.3 cm³/mol. The van der Waals surface area contributed by atoms with Gasteiger partial charge >= 0.3 is 0 Å². The Bertz CT molecular complexity index is 522. The topological polar surface area (TPSA) is 49.4 Å². The molecule has 0 atom stereocenters. The van der Waals surface area contributed by atoms with E-state index in [-0.39, 0.29) is 23.7 Å². The van der Waals surface area contributed by atoms with Crippen LogP contribution in [-0.4, -0.2) is 29.8 Å². The smallest absolute Gasteiger partial charge is 0.225 e. The van der Waals surface area contributed by atoms with Crippen molar-refractivity contribution >= 4 is 11.8 Å². The molecule has 0 unspecified atom stereocenters. The number of carbonyl (C=O) groups excluding carboxylic acids is 2. The average molecular weight is 330 g/mol. The van der Waals surface area contributed by atoms with Crippen molar-refractivity contribution in [2.75, 3.05) is 13.1 Å². The largest absolute Gasteiger partial charge is 0.356 e. The molecule has 0 spiro atoms. The Morgan fingerprint density at radius 3 is 2.25 bits per heavy atom. The van der Waals surface area contributed by atoms with Crippen LogP contribution in [-0.2, 0) is 16.1 Å². The van der Waals surface area contributed by atoms with Crippen LogP contribution in [0.15, 0.2) is 30.3 Å². The lowest BCUT2D eigenvalue weighted by atomic mass is 9.81. The van der Waals surface area contributed by atoms with Crippen LogP contribution in [0.2, 0.25) is 0 Å². The van der Waals surface area contributed by atoms with Gasteiger partial charge in [0.15, 0.2) is 0 Å². The van der Waals surface area contributed by atoms with Crippen molar-refractivity contribution < 1.29 is 9.59 Å². The van der Waals surface area contributed by atoms with Crippen LogP contribution in [0.3, 0.4) is 0 Å². The van der Waals surface area contributed by atoms with Crippen LogP contribution in [0.1, 0.15) is 51.5 Å². The van der Waals surface area contributed by atoms with Gasteiger partial charge in [0.25, 0.3) is 0 Å². The Labute approximate surface area is 145 Å². The Hall–Kier alpha value is -1.84. The maximum atomic E-state index is 12.8. The molecule has 1 aromatic carbocycles. The van der Waals surface area contributed by atoms with Gasteiger partial charge in [0.1, 0.15) is 0 Å². The molecule has 0 bridgehead atoms. The molecule has 24 heavy (non-hydrogen) atoms. The first-order chi connectivity index (χ1) is 11.7. The number of hydrogen-bond acceptors (Lipinski definition) is 2. The van der Waals surface area contributed by atoms with E-state index in [2.05, 4.69) is 24.4 Å². The molecule has 132 valence electrons. The van der Waals surface area contributed by atoms with Crippen molar-refractivity contribution in [3.63, 3.8) is 0 Å². The molecule has 1 aromatic rings. The molecule has 0 saturated heterocycles. The summed E-state index contributed by atoms with van der Waals surface area (Å²) in [6, 6.07) is 10.1. The highest BCUT2D eigenvalue weighted by Gasteiger charge is 2.31. The number of hydrogen-bond donors (Lipinski definition) is 1. The number of carbonyl (C=O) groups is 2. The number of nitrogens with zero attached hydrogens (tertiary/aromatic N) is 1. The minimum Gasteiger partial charge on any atom is -0.356 e. The van der Waals surface area contributed by atoms with Crippen molar-refractivity contribution in [3.05, 3.63) is 35.9 Å². The Balaban J connectivity index is 1.85. The molecule has 4 heteroatoms. The summed E-state index contributed by atoms with van der Waals surface area (Å²) in [7, 11) is 0. The van der Waals surface area contributed by atoms with Gasteiger partial charge < -0.3 is 10.2 Å². The van der Waals surface area contributed by atoms with Gasteiger partial charge in [-0.05, 0) is 44.6 Å². The van der Waals surface area contributed by atoms with Crippen LogP contribution >= 0.6 is 0 Å². The molecular formula is C20H30N2O2. The van der Waals surface area contributed by atoms with E-state index in [9.17, 15) is 9.59 Å². The van der Waals surface area contributed by atoms with Gasteiger partial charge in [-0.25, -0.2) is 0 Å². The third-order valence-electron chi connectivity index (χ3n) is 4.91. The molecule has 0 radical (unpaired) electrons. The number of nitrogens with one attached hydrogen (secondary N) is 1. The molecule has 0 heterocycles. The highest BCUT2D eigenvalue weighted by molar-refractivity contribution is 5.81. The summed E-state index contributed by atoms with van der Waals surface area (Å²) in [6.07, 6.45) is 4.27. The fourth-order valence-corrected chi connectivity index (χ4v) is 3.40. The van der Waals surface area contributed by atoms with E-state index in [1.807, 2.05) is 30.0 Å². The van der Waals surface area contributed by atoms with Gasteiger partial charge in [-0.2, -0.15) is 0 Å². The fourth-order valence-electron chi connectivity index (χ4n) is 3.40. The molecule has 1 aliphatic rings. The standard InChI is InChI=1S/C20H30N2O2/c1-3-14-21-19(23)17-10-12-18(13-11-17)20(24)22(4-2)15-16-8-6-5-7-9-16/h5-9,17-18H,3-4,10-15H2,1-2H3,(H,21,23). The summed E-state index contributed by atoms with van der Waals surface area (Å²) in [5.41, 5.74) is 1.17. The van der Waals surface area contributed by atoms with Crippen molar-refractivity contribution in [2.45, 2.75) is 52.5 Å². The maximum absolute atomic E-state index is 12.8. The maximum Gasteiger partial charge on any atom is 0.225 e. The summed E-state index contributed by atoms with van der Waals surface area (Å²) in [6.45, 7) is 6.24. The van der Waals surface area contributed by atoms with Gasteiger partial charge in [-0.3, -0.25) is 9.59 Å². The summed E-state index contributed by atoms with van der Waals surface area (Å²) >= 11 is 0. The van der Waals surface area contributed by atoms with E-state index in [0.717, 1.165) is 45.2 Å². The summed E-state index contributed by atoms with van der Waals surface area (Å²) < 4.78 is 0. The number of benzene rings is 1. The third-order valence-corrected chi connectivity index (χ3v) is 4.91. The third kappa shape index (κ3) is 5.08.